The zero-order chi connectivity index (χ0) is 30.3. The Kier molecular flexibility index (Phi) is 9.35. The first-order chi connectivity index (χ1) is 20.8. The van der Waals surface area contributed by atoms with Gasteiger partial charge in [-0.05, 0) is 35.9 Å². The summed E-state index contributed by atoms with van der Waals surface area (Å²) in [5.74, 6) is 6.44. The lowest BCUT2D eigenvalue weighted by Crippen LogP contribution is -2.52. The van der Waals surface area contributed by atoms with E-state index in [1.54, 1.807) is 48.5 Å². The van der Waals surface area contributed by atoms with Crippen molar-refractivity contribution in [3.05, 3.63) is 78.1 Å². The number of nitrogens with two attached hydrogens (primary N) is 2. The summed E-state index contributed by atoms with van der Waals surface area (Å²) in [5, 5.41) is 8.06. The van der Waals surface area contributed by atoms with Crippen molar-refractivity contribution in [1.82, 2.24) is 24.9 Å². The summed E-state index contributed by atoms with van der Waals surface area (Å²) in [5.41, 5.74) is 9.79. The van der Waals surface area contributed by atoms with Crippen LogP contribution in [0, 0.1) is 0 Å². The molecule has 5 rings (SSSR count). The number of pyridine rings is 1. The lowest BCUT2D eigenvalue weighted by molar-refractivity contribution is 0.0605. The number of alkyl halides is 1. The molecule has 14 heteroatoms. The number of carbonyl (C=O) groups is 2. The highest BCUT2D eigenvalue weighted by atomic mass is 35.5. The van der Waals surface area contributed by atoms with Gasteiger partial charge in [0.05, 0.1) is 11.9 Å². The van der Waals surface area contributed by atoms with Gasteiger partial charge < -0.3 is 19.8 Å². The Morgan fingerprint density at radius 1 is 1.14 bits per heavy atom. The van der Waals surface area contributed by atoms with Crippen LogP contribution in [0.1, 0.15) is 22.1 Å². The van der Waals surface area contributed by atoms with E-state index in [1.807, 2.05) is 30.3 Å². The maximum Gasteiger partial charge on any atom is 0.411 e. The lowest BCUT2D eigenvalue weighted by Gasteiger charge is -2.39. The molecular weight excluding hydrogens is 574 g/mol. The summed E-state index contributed by atoms with van der Waals surface area (Å²) in [6.45, 7) is 2.22. The first-order valence-electron chi connectivity index (χ1n) is 13.6. The number of hydrazine groups is 1. The molecule has 0 saturated carbocycles. The minimum atomic E-state index is -0.614. The molecule has 2 aromatic carbocycles. The van der Waals surface area contributed by atoms with E-state index in [0.29, 0.717) is 60.3 Å². The minimum absolute atomic E-state index is 0.104. The van der Waals surface area contributed by atoms with Crippen LogP contribution < -0.4 is 16.9 Å². The van der Waals surface area contributed by atoms with E-state index < -0.39 is 6.09 Å². The summed E-state index contributed by atoms with van der Waals surface area (Å²) in [6.07, 6.45) is 0.941. The Morgan fingerprint density at radius 3 is 2.63 bits per heavy atom. The Bertz CT molecular complexity index is 1600. The number of aromatic nitrogens is 2. The summed E-state index contributed by atoms with van der Waals surface area (Å²) >= 11 is 5.55. The van der Waals surface area contributed by atoms with Crippen molar-refractivity contribution < 1.29 is 18.7 Å². The molecule has 1 atom stereocenters. The number of benzene rings is 2. The number of ether oxygens (including phenoxy) is 1. The highest BCUT2D eigenvalue weighted by Crippen LogP contribution is 2.27. The molecule has 13 nitrogen and oxygen atoms in total. The number of hydrogen-bond acceptors (Lipinski definition) is 10. The fraction of sp³-hybridized carbons (Fsp3) is 0.276. The summed E-state index contributed by atoms with van der Waals surface area (Å²) < 4.78 is 10.9. The largest absolute Gasteiger partial charge is 0.448 e. The standard InChI is InChI=1S/C29H32ClN9O4/c1-37(32)36-26(31)25(19-5-3-2-4-6-19)38-12-14-39(15-13-38)28(40)23-17-20(9-11-33-23)27-35-22-18-21(7-8-24(22)43-27)34-29(41)42-16-10-30/h2-9,11,17-18,25H,10,12-16,32H2,1H3,(H2,31,36)(H,34,41). The molecule has 1 aliphatic rings. The number of halogens is 1. The van der Waals surface area contributed by atoms with Crippen LogP contribution in [0.15, 0.2) is 76.4 Å². The molecule has 0 bridgehead atoms. The number of rotatable bonds is 9. The first-order valence-corrected chi connectivity index (χ1v) is 14.1. The fourth-order valence-electron chi connectivity index (χ4n) is 4.88. The number of oxazole rings is 1. The molecule has 2 aromatic heterocycles. The monoisotopic (exact) mass is 605 g/mol. The number of nitrogens with one attached hydrogen (secondary N) is 1. The van der Waals surface area contributed by atoms with Crippen LogP contribution in [-0.4, -0.2) is 88.4 Å². The van der Waals surface area contributed by atoms with Gasteiger partial charge in [-0.3, -0.25) is 20.0 Å². The van der Waals surface area contributed by atoms with Crippen molar-refractivity contribution in [2.24, 2.45) is 16.7 Å². The topological polar surface area (TPSA) is 168 Å². The van der Waals surface area contributed by atoms with Crippen molar-refractivity contribution in [3.8, 4) is 11.5 Å². The third-order valence-electron chi connectivity index (χ3n) is 6.81. The summed E-state index contributed by atoms with van der Waals surface area (Å²) in [4.78, 5) is 38.1. The van der Waals surface area contributed by atoms with Gasteiger partial charge in [-0.15, -0.1) is 16.7 Å². The van der Waals surface area contributed by atoms with E-state index >= 15 is 0 Å². The number of piperazine rings is 1. The van der Waals surface area contributed by atoms with E-state index in [4.69, 9.17) is 32.3 Å². The molecule has 5 N–H and O–H groups in total. The van der Waals surface area contributed by atoms with Gasteiger partial charge in [-0.25, -0.2) is 20.7 Å². The third kappa shape index (κ3) is 7.20. The van der Waals surface area contributed by atoms with Gasteiger partial charge in [-0.2, -0.15) is 0 Å². The van der Waals surface area contributed by atoms with Crippen LogP contribution in [0.3, 0.4) is 0 Å². The molecule has 1 unspecified atom stereocenters. The Balaban J connectivity index is 1.28. The fourth-order valence-corrected chi connectivity index (χ4v) is 4.96. The second kappa shape index (κ2) is 13.5. The molecule has 3 heterocycles. The van der Waals surface area contributed by atoms with Gasteiger partial charge >= 0.3 is 6.09 Å². The molecule has 1 fully saturated rings. The van der Waals surface area contributed by atoms with Gasteiger partial charge in [0.2, 0.25) is 5.89 Å². The van der Waals surface area contributed by atoms with E-state index in [9.17, 15) is 9.59 Å². The number of amidine groups is 1. The number of carbonyl (C=O) groups excluding carboxylic acids is 2. The average Bonchev–Trinajstić information content (AvgIpc) is 3.44. The maximum atomic E-state index is 13.5. The number of anilines is 1. The molecular formula is C29H32ClN9O4. The SMILES string of the molecule is CN(N)/N=C(\N)C(c1ccccc1)N1CCN(C(=O)c2cc(-c3nc4cc(NC(=O)OCCCl)ccc4o3)ccn2)CC1. The third-order valence-corrected chi connectivity index (χ3v) is 6.96. The minimum Gasteiger partial charge on any atom is -0.448 e. The summed E-state index contributed by atoms with van der Waals surface area (Å²) in [7, 11) is 1.62. The Labute approximate surface area is 253 Å². The average molecular weight is 606 g/mol. The van der Waals surface area contributed by atoms with Crippen LogP contribution in [0.2, 0.25) is 0 Å². The summed E-state index contributed by atoms with van der Waals surface area (Å²) in [6, 6.07) is 18.0. The maximum absolute atomic E-state index is 13.5. The zero-order valence-corrected chi connectivity index (χ0v) is 24.3. The van der Waals surface area contributed by atoms with Crippen LogP contribution in [0.25, 0.3) is 22.6 Å². The van der Waals surface area contributed by atoms with E-state index in [2.05, 4.69) is 25.3 Å². The number of hydrazone groups is 1. The normalized spacial score (nSPS) is 14.9. The molecule has 0 radical (unpaired) electrons. The van der Waals surface area contributed by atoms with Crippen molar-refractivity contribution >= 4 is 46.2 Å². The highest BCUT2D eigenvalue weighted by molar-refractivity contribution is 6.18. The first kappa shape index (κ1) is 29.8. The van der Waals surface area contributed by atoms with E-state index in [0.717, 1.165) is 5.56 Å². The van der Waals surface area contributed by atoms with Gasteiger partial charge in [-0.1, -0.05) is 30.3 Å². The van der Waals surface area contributed by atoms with Crippen LogP contribution in [-0.2, 0) is 4.74 Å². The Hall–Kier alpha value is -4.72. The van der Waals surface area contributed by atoms with E-state index in [1.165, 1.54) is 5.12 Å². The van der Waals surface area contributed by atoms with Crippen LogP contribution in [0.5, 0.6) is 0 Å². The molecule has 0 aliphatic carbocycles. The van der Waals surface area contributed by atoms with Gasteiger partial charge in [0.15, 0.2) is 5.58 Å². The molecule has 224 valence electrons. The molecule has 43 heavy (non-hydrogen) atoms. The molecule has 1 aliphatic heterocycles. The number of hydrogen-bond donors (Lipinski definition) is 3. The number of fused-ring (bicyclic) bond motifs is 1. The smallest absolute Gasteiger partial charge is 0.411 e. The number of amides is 2. The second-order valence-corrected chi connectivity index (χ2v) is 10.2. The lowest BCUT2D eigenvalue weighted by atomic mass is 10.0. The van der Waals surface area contributed by atoms with Crippen molar-refractivity contribution in [2.45, 2.75) is 6.04 Å². The molecule has 0 spiro atoms. The van der Waals surface area contributed by atoms with Gasteiger partial charge in [0.1, 0.15) is 23.7 Å². The van der Waals surface area contributed by atoms with Gasteiger partial charge in [0.25, 0.3) is 5.91 Å². The van der Waals surface area contributed by atoms with Crippen LogP contribution in [0.4, 0.5) is 10.5 Å². The molecule has 2 amide bonds. The second-order valence-electron chi connectivity index (χ2n) is 9.82. The van der Waals surface area contributed by atoms with Crippen molar-refractivity contribution in [2.75, 3.05) is 51.0 Å². The molecule has 1 saturated heterocycles. The van der Waals surface area contributed by atoms with E-state index in [-0.39, 0.29) is 30.1 Å². The van der Waals surface area contributed by atoms with Gasteiger partial charge in [0, 0.05) is 50.7 Å². The molecule has 4 aromatic rings. The Morgan fingerprint density at radius 2 is 1.91 bits per heavy atom. The highest BCUT2D eigenvalue weighted by Gasteiger charge is 2.30. The van der Waals surface area contributed by atoms with Crippen LogP contribution >= 0.6 is 11.6 Å². The van der Waals surface area contributed by atoms with Crippen molar-refractivity contribution in [3.63, 3.8) is 0 Å². The number of nitrogens with zero attached hydrogens (tertiary/aromatic N) is 6. The predicted molar refractivity (Wildman–Crippen MR) is 163 cm³/mol. The van der Waals surface area contributed by atoms with Crippen molar-refractivity contribution in [1.29, 1.82) is 0 Å². The predicted octanol–water partition coefficient (Wildman–Crippen LogP) is 3.25. The quantitative estimate of drug-likeness (QED) is 0.0846. The zero-order valence-electron chi connectivity index (χ0n) is 23.5.